The molecule has 11 heteroatoms. The van der Waals surface area contributed by atoms with Gasteiger partial charge < -0.3 is 4.74 Å². The fourth-order valence-electron chi connectivity index (χ4n) is 2.71. The monoisotopic (exact) mass is 475 g/mol. The molecule has 0 aliphatic heterocycles. The van der Waals surface area contributed by atoms with Crippen LogP contribution in [0.25, 0.3) is 5.82 Å². The Kier molecular flexibility index (Phi) is 5.81. The summed E-state index contributed by atoms with van der Waals surface area (Å²) in [6.07, 6.45) is 5.03. The van der Waals surface area contributed by atoms with Gasteiger partial charge in [-0.2, -0.15) is 4.98 Å². The highest BCUT2D eigenvalue weighted by molar-refractivity contribution is 7.92. The average molecular weight is 476 g/mol. The standard InChI is InChI=1S/C20H15Cl2N5O3S/c1-13-24-19(27-9-8-23-12-27)11-20(25-13)30-16-5-3-15(4-6-16)26-31(28,29)18-10-14(21)2-7-17(18)22/h2-12,26H,1H3. The number of nitrogens with one attached hydrogen (secondary N) is 1. The minimum Gasteiger partial charge on any atom is -0.439 e. The molecule has 158 valence electrons. The second-order valence-corrected chi connectivity index (χ2v) is 8.88. The van der Waals surface area contributed by atoms with Gasteiger partial charge in [-0.1, -0.05) is 23.2 Å². The zero-order valence-corrected chi connectivity index (χ0v) is 18.4. The van der Waals surface area contributed by atoms with Crippen molar-refractivity contribution in [2.24, 2.45) is 0 Å². The molecular weight excluding hydrogens is 461 g/mol. The number of aromatic nitrogens is 4. The third kappa shape index (κ3) is 4.96. The second-order valence-electron chi connectivity index (χ2n) is 6.39. The van der Waals surface area contributed by atoms with E-state index in [0.717, 1.165) is 0 Å². The maximum atomic E-state index is 12.6. The topological polar surface area (TPSA) is 99.0 Å². The zero-order valence-electron chi connectivity index (χ0n) is 16.0. The Balaban J connectivity index is 1.52. The lowest BCUT2D eigenvalue weighted by Gasteiger charge is -2.11. The first-order valence-electron chi connectivity index (χ1n) is 8.90. The summed E-state index contributed by atoms with van der Waals surface area (Å²) in [6.45, 7) is 1.76. The van der Waals surface area contributed by atoms with E-state index in [0.29, 0.717) is 29.0 Å². The van der Waals surface area contributed by atoms with E-state index in [1.165, 1.54) is 18.2 Å². The third-order valence-electron chi connectivity index (χ3n) is 4.08. The molecule has 0 spiro atoms. The molecule has 0 aliphatic carbocycles. The molecule has 4 aromatic rings. The van der Waals surface area contributed by atoms with E-state index in [1.54, 1.807) is 60.5 Å². The van der Waals surface area contributed by atoms with Gasteiger partial charge in [0.1, 0.15) is 28.6 Å². The van der Waals surface area contributed by atoms with E-state index in [1.807, 2.05) is 0 Å². The van der Waals surface area contributed by atoms with Gasteiger partial charge in [-0.25, -0.2) is 18.4 Å². The maximum absolute atomic E-state index is 12.6. The highest BCUT2D eigenvalue weighted by Gasteiger charge is 2.18. The average Bonchev–Trinajstić information content (AvgIpc) is 3.26. The number of imidazole rings is 1. The van der Waals surface area contributed by atoms with Crippen molar-refractivity contribution in [3.05, 3.63) is 83.1 Å². The number of hydrogen-bond acceptors (Lipinski definition) is 6. The van der Waals surface area contributed by atoms with Gasteiger partial charge in [-0.15, -0.1) is 0 Å². The largest absolute Gasteiger partial charge is 0.439 e. The van der Waals surface area contributed by atoms with Crippen molar-refractivity contribution in [2.45, 2.75) is 11.8 Å². The SMILES string of the molecule is Cc1nc(Oc2ccc(NS(=O)(=O)c3cc(Cl)ccc3Cl)cc2)cc(-n2ccnc2)n1. The van der Waals surface area contributed by atoms with Gasteiger partial charge in [0.2, 0.25) is 5.88 Å². The molecular formula is C20H15Cl2N5O3S. The predicted octanol–water partition coefficient (Wildman–Crippen LogP) is 4.87. The Morgan fingerprint density at radius 3 is 2.52 bits per heavy atom. The molecule has 0 fully saturated rings. The molecule has 0 saturated heterocycles. The highest BCUT2D eigenvalue weighted by Crippen LogP contribution is 2.28. The molecule has 0 radical (unpaired) electrons. The molecule has 2 aromatic carbocycles. The van der Waals surface area contributed by atoms with Crippen molar-refractivity contribution >= 4 is 38.9 Å². The van der Waals surface area contributed by atoms with Gasteiger partial charge in [0, 0.05) is 29.2 Å². The van der Waals surface area contributed by atoms with E-state index < -0.39 is 10.0 Å². The first-order chi connectivity index (χ1) is 14.8. The number of benzene rings is 2. The summed E-state index contributed by atoms with van der Waals surface area (Å²) in [5.41, 5.74) is 0.335. The molecule has 0 saturated carbocycles. The number of ether oxygens (including phenoxy) is 1. The molecule has 8 nitrogen and oxygen atoms in total. The van der Waals surface area contributed by atoms with Crippen LogP contribution in [0, 0.1) is 6.92 Å². The van der Waals surface area contributed by atoms with Crippen molar-refractivity contribution in [1.29, 1.82) is 0 Å². The van der Waals surface area contributed by atoms with Crippen LogP contribution in [0.4, 0.5) is 5.69 Å². The lowest BCUT2D eigenvalue weighted by Crippen LogP contribution is -2.13. The molecule has 0 amide bonds. The van der Waals surface area contributed by atoms with Crippen LogP contribution in [0.1, 0.15) is 5.82 Å². The Bertz CT molecular complexity index is 1330. The summed E-state index contributed by atoms with van der Waals surface area (Å²) >= 11 is 11.9. The molecule has 1 N–H and O–H groups in total. The van der Waals surface area contributed by atoms with Crippen molar-refractivity contribution in [3.63, 3.8) is 0 Å². The molecule has 4 rings (SSSR count). The fraction of sp³-hybridized carbons (Fsp3) is 0.0500. The predicted molar refractivity (Wildman–Crippen MR) is 118 cm³/mol. The van der Waals surface area contributed by atoms with Gasteiger partial charge in [-0.3, -0.25) is 9.29 Å². The molecule has 31 heavy (non-hydrogen) atoms. The quantitative estimate of drug-likeness (QED) is 0.426. The van der Waals surface area contributed by atoms with E-state index >= 15 is 0 Å². The Morgan fingerprint density at radius 1 is 1.03 bits per heavy atom. The second kappa shape index (κ2) is 8.54. The Labute approximate surface area is 188 Å². The number of rotatable bonds is 6. The van der Waals surface area contributed by atoms with Crippen molar-refractivity contribution in [1.82, 2.24) is 19.5 Å². The van der Waals surface area contributed by atoms with Crippen LogP contribution in [0.5, 0.6) is 11.6 Å². The van der Waals surface area contributed by atoms with Crippen molar-refractivity contribution in [3.8, 4) is 17.4 Å². The Hall–Kier alpha value is -3.14. The number of aryl methyl sites for hydroxylation is 1. The molecule has 2 heterocycles. The van der Waals surface area contributed by atoms with E-state index in [9.17, 15) is 8.42 Å². The highest BCUT2D eigenvalue weighted by atomic mass is 35.5. The summed E-state index contributed by atoms with van der Waals surface area (Å²) in [7, 11) is -3.91. The number of halogens is 2. The van der Waals surface area contributed by atoms with Gasteiger partial charge in [0.05, 0.1) is 5.02 Å². The van der Waals surface area contributed by atoms with Crippen LogP contribution < -0.4 is 9.46 Å². The zero-order chi connectivity index (χ0) is 22.0. The summed E-state index contributed by atoms with van der Waals surface area (Å²) in [4.78, 5) is 12.5. The normalized spacial score (nSPS) is 11.3. The van der Waals surface area contributed by atoms with Crippen LogP contribution >= 0.6 is 23.2 Å². The molecule has 2 aromatic heterocycles. The first kappa shape index (κ1) is 21.1. The number of anilines is 1. The summed E-state index contributed by atoms with van der Waals surface area (Å²) in [5, 5.41) is 0.341. The molecule has 0 atom stereocenters. The van der Waals surface area contributed by atoms with E-state index in [-0.39, 0.29) is 14.9 Å². The van der Waals surface area contributed by atoms with Crippen LogP contribution in [-0.2, 0) is 10.0 Å². The summed E-state index contributed by atoms with van der Waals surface area (Å²) in [6, 6.07) is 12.3. The maximum Gasteiger partial charge on any atom is 0.263 e. The van der Waals surface area contributed by atoms with Crippen LogP contribution in [0.2, 0.25) is 10.0 Å². The number of nitrogens with zero attached hydrogens (tertiary/aromatic N) is 4. The first-order valence-corrected chi connectivity index (χ1v) is 11.1. The van der Waals surface area contributed by atoms with Crippen molar-refractivity contribution < 1.29 is 13.2 Å². The van der Waals surface area contributed by atoms with Gasteiger partial charge >= 0.3 is 0 Å². The van der Waals surface area contributed by atoms with E-state index in [4.69, 9.17) is 27.9 Å². The summed E-state index contributed by atoms with van der Waals surface area (Å²) < 4.78 is 35.3. The fourth-order valence-corrected chi connectivity index (χ4v) is 4.53. The lowest BCUT2D eigenvalue weighted by molar-refractivity contribution is 0.459. The minimum absolute atomic E-state index is 0.0738. The smallest absolute Gasteiger partial charge is 0.263 e. The van der Waals surface area contributed by atoms with Crippen LogP contribution in [-0.4, -0.2) is 27.9 Å². The van der Waals surface area contributed by atoms with Gasteiger partial charge in [0.15, 0.2) is 0 Å². The number of hydrogen-bond donors (Lipinski definition) is 1. The van der Waals surface area contributed by atoms with Gasteiger partial charge in [-0.05, 0) is 49.4 Å². The Morgan fingerprint density at radius 2 is 1.81 bits per heavy atom. The van der Waals surface area contributed by atoms with Crippen LogP contribution in [0.3, 0.4) is 0 Å². The molecule has 0 bridgehead atoms. The van der Waals surface area contributed by atoms with Crippen molar-refractivity contribution in [2.75, 3.05) is 4.72 Å². The third-order valence-corrected chi connectivity index (χ3v) is 6.18. The van der Waals surface area contributed by atoms with Crippen LogP contribution in [0.15, 0.2) is 72.1 Å². The minimum atomic E-state index is -3.91. The number of sulfonamides is 1. The molecule has 0 aliphatic rings. The molecule has 0 unspecified atom stereocenters. The lowest BCUT2D eigenvalue weighted by atomic mass is 10.3. The summed E-state index contributed by atoms with van der Waals surface area (Å²) in [5.74, 6) is 1.96. The van der Waals surface area contributed by atoms with E-state index in [2.05, 4.69) is 19.7 Å². The van der Waals surface area contributed by atoms with Gasteiger partial charge in [0.25, 0.3) is 10.0 Å².